The van der Waals surface area contributed by atoms with Crippen molar-refractivity contribution in [2.24, 2.45) is 10.8 Å². The Labute approximate surface area is 157 Å². The largest absolute Gasteiger partial charge is 0.361 e. The second-order valence-electron chi connectivity index (χ2n) is 8.45. The zero-order valence-corrected chi connectivity index (χ0v) is 17.4. The van der Waals surface area contributed by atoms with Gasteiger partial charge in [0.15, 0.2) is 0 Å². The first-order chi connectivity index (χ1) is 11.9. The van der Waals surface area contributed by atoms with Crippen molar-refractivity contribution in [3.05, 3.63) is 53.2 Å². The van der Waals surface area contributed by atoms with Crippen LogP contribution in [0.25, 0.3) is 9.69 Å². The smallest absolute Gasteiger partial charge is 0.311 e. The molecular weight excluding hydrogens is 347 g/mol. The molecule has 0 amide bonds. The van der Waals surface area contributed by atoms with Crippen LogP contribution in [-0.4, -0.2) is 25.3 Å². The predicted octanol–water partition coefficient (Wildman–Crippen LogP) is 5.21. The Morgan fingerprint density at radius 3 is 1.58 bits per heavy atom. The summed E-state index contributed by atoms with van der Waals surface area (Å²) in [6.07, 6.45) is 0. The molecule has 0 N–H and O–H groups in total. The first-order valence-electron chi connectivity index (χ1n) is 8.62. The number of rotatable bonds is 7. The number of nitrogens with zero attached hydrogens (tertiary/aromatic N) is 2. The molecule has 0 spiro atoms. The molecule has 0 fully saturated rings. The van der Waals surface area contributed by atoms with E-state index in [0.717, 1.165) is 0 Å². The van der Waals surface area contributed by atoms with Crippen molar-refractivity contribution >= 4 is 12.9 Å². The summed E-state index contributed by atoms with van der Waals surface area (Å²) in [5.74, 6) is 0. The zero-order chi connectivity index (χ0) is 20.0. The predicted molar refractivity (Wildman–Crippen MR) is 105 cm³/mol. The SMILES string of the molecule is [C-]#[N+][C@H](COP(=O)(OC[C@@H]([N+]#[C-])C(C)(C)C)c1ccccc1)C(C)(C)C. The molecule has 0 saturated heterocycles. The summed E-state index contributed by atoms with van der Waals surface area (Å²) < 4.78 is 24.9. The Morgan fingerprint density at radius 1 is 0.885 bits per heavy atom. The molecule has 0 bridgehead atoms. The minimum absolute atomic E-state index is 0.0113. The van der Waals surface area contributed by atoms with Crippen LogP contribution < -0.4 is 5.30 Å². The first kappa shape index (κ1) is 22.4. The summed E-state index contributed by atoms with van der Waals surface area (Å²) >= 11 is 0. The Bertz CT molecular complexity index is 666. The van der Waals surface area contributed by atoms with E-state index in [1.54, 1.807) is 24.3 Å². The summed E-state index contributed by atoms with van der Waals surface area (Å²) in [6.45, 7) is 26.5. The van der Waals surface area contributed by atoms with E-state index in [1.807, 2.05) is 47.6 Å². The Morgan fingerprint density at radius 2 is 1.27 bits per heavy atom. The van der Waals surface area contributed by atoms with Crippen LogP contribution in [0, 0.1) is 24.0 Å². The maximum absolute atomic E-state index is 13.5. The summed E-state index contributed by atoms with van der Waals surface area (Å²) in [4.78, 5) is 7.21. The lowest BCUT2D eigenvalue weighted by atomic mass is 9.88. The van der Waals surface area contributed by atoms with Gasteiger partial charge in [0.25, 0.3) is 12.1 Å². The van der Waals surface area contributed by atoms with E-state index in [2.05, 4.69) is 9.69 Å². The minimum Gasteiger partial charge on any atom is -0.311 e. The van der Waals surface area contributed by atoms with Crippen LogP contribution in [-0.2, 0) is 13.6 Å². The molecule has 0 radical (unpaired) electrons. The van der Waals surface area contributed by atoms with Gasteiger partial charge in [-0.2, -0.15) is 0 Å². The lowest BCUT2D eigenvalue weighted by Crippen LogP contribution is -2.30. The molecular formula is C20H29N2O3P. The standard InChI is InChI=1S/C20H29N2O3P/c1-19(2,3)17(21-7)14-24-26(23,16-12-10-9-11-13-16)25-15-18(22-8)20(4,5)6/h9-13,17-18H,14-15H2,1-6H3/t17-,18-/m1/s1. The van der Waals surface area contributed by atoms with Crippen LogP contribution in [0.1, 0.15) is 41.5 Å². The van der Waals surface area contributed by atoms with Crippen LogP contribution >= 0.6 is 7.60 Å². The summed E-state index contributed by atoms with van der Waals surface area (Å²) in [5, 5.41) is 0.440. The quantitative estimate of drug-likeness (QED) is 0.485. The summed E-state index contributed by atoms with van der Waals surface area (Å²) in [7, 11) is -3.63. The van der Waals surface area contributed by atoms with Crippen LogP contribution in [0.2, 0.25) is 0 Å². The molecule has 26 heavy (non-hydrogen) atoms. The third-order valence-electron chi connectivity index (χ3n) is 4.19. The van der Waals surface area contributed by atoms with Gasteiger partial charge in [-0.25, -0.2) is 13.1 Å². The molecule has 0 unspecified atom stereocenters. The molecule has 2 atom stereocenters. The molecule has 1 aromatic carbocycles. The summed E-state index contributed by atoms with van der Waals surface area (Å²) in [6, 6.07) is 7.84. The average Bonchev–Trinajstić information content (AvgIpc) is 2.54. The van der Waals surface area contributed by atoms with Gasteiger partial charge in [0, 0.05) is 10.8 Å². The lowest BCUT2D eigenvalue weighted by molar-refractivity contribution is 0.163. The fourth-order valence-electron chi connectivity index (χ4n) is 2.10. The van der Waals surface area contributed by atoms with E-state index in [0.29, 0.717) is 5.30 Å². The van der Waals surface area contributed by atoms with E-state index in [4.69, 9.17) is 22.2 Å². The van der Waals surface area contributed by atoms with Crippen molar-refractivity contribution in [2.45, 2.75) is 53.6 Å². The average molecular weight is 376 g/mol. The lowest BCUT2D eigenvalue weighted by Gasteiger charge is -2.25. The van der Waals surface area contributed by atoms with E-state index < -0.39 is 19.7 Å². The Kier molecular flexibility index (Phi) is 7.60. The van der Waals surface area contributed by atoms with Crippen molar-refractivity contribution in [2.75, 3.05) is 13.2 Å². The van der Waals surface area contributed by atoms with Gasteiger partial charge in [-0.05, 0) is 12.1 Å². The van der Waals surface area contributed by atoms with Crippen molar-refractivity contribution in [3.63, 3.8) is 0 Å². The van der Waals surface area contributed by atoms with Gasteiger partial charge in [-0.15, -0.1) is 0 Å². The van der Waals surface area contributed by atoms with Gasteiger partial charge >= 0.3 is 7.60 Å². The van der Waals surface area contributed by atoms with Crippen molar-refractivity contribution in [1.29, 1.82) is 0 Å². The van der Waals surface area contributed by atoms with Crippen molar-refractivity contribution < 1.29 is 13.6 Å². The van der Waals surface area contributed by atoms with E-state index >= 15 is 0 Å². The number of hydrogen-bond donors (Lipinski definition) is 0. The topological polar surface area (TPSA) is 44.2 Å². The third-order valence-corrected chi connectivity index (χ3v) is 6.10. The Balaban J connectivity index is 3.04. The zero-order valence-electron chi connectivity index (χ0n) is 16.5. The monoisotopic (exact) mass is 376 g/mol. The second kappa shape index (κ2) is 8.83. The molecule has 6 heteroatoms. The number of benzene rings is 1. The van der Waals surface area contributed by atoms with Crippen LogP contribution in [0.15, 0.2) is 30.3 Å². The molecule has 0 saturated carbocycles. The van der Waals surface area contributed by atoms with Gasteiger partial charge in [-0.1, -0.05) is 59.7 Å². The fourth-order valence-corrected chi connectivity index (χ4v) is 3.68. The van der Waals surface area contributed by atoms with Crippen LogP contribution in [0.4, 0.5) is 0 Å². The highest BCUT2D eigenvalue weighted by Gasteiger charge is 2.38. The summed E-state index contributed by atoms with van der Waals surface area (Å²) in [5.41, 5.74) is -0.596. The van der Waals surface area contributed by atoms with Gasteiger partial charge in [-0.3, -0.25) is 13.6 Å². The Hall–Kier alpha value is -1.65. The van der Waals surface area contributed by atoms with Crippen molar-refractivity contribution in [1.82, 2.24) is 0 Å². The first-order valence-corrected chi connectivity index (χ1v) is 10.2. The highest BCUT2D eigenvalue weighted by Crippen LogP contribution is 2.48. The van der Waals surface area contributed by atoms with Crippen LogP contribution in [0.3, 0.4) is 0 Å². The fraction of sp³-hybridized carbons (Fsp3) is 0.600. The van der Waals surface area contributed by atoms with E-state index in [-0.39, 0.29) is 24.0 Å². The molecule has 1 aromatic rings. The van der Waals surface area contributed by atoms with Crippen LogP contribution in [0.5, 0.6) is 0 Å². The molecule has 0 aliphatic heterocycles. The molecule has 0 aliphatic rings. The molecule has 5 nitrogen and oxygen atoms in total. The third kappa shape index (κ3) is 6.26. The number of hydrogen-bond acceptors (Lipinski definition) is 3. The highest BCUT2D eigenvalue weighted by atomic mass is 31.2. The van der Waals surface area contributed by atoms with Crippen molar-refractivity contribution in [3.8, 4) is 0 Å². The maximum atomic E-state index is 13.5. The highest BCUT2D eigenvalue weighted by molar-refractivity contribution is 7.62. The minimum atomic E-state index is -3.63. The normalized spacial score (nSPS) is 14.9. The molecule has 0 aliphatic carbocycles. The van der Waals surface area contributed by atoms with E-state index in [1.165, 1.54) is 0 Å². The maximum Gasteiger partial charge on any atom is 0.361 e. The van der Waals surface area contributed by atoms with Gasteiger partial charge in [0.05, 0.1) is 5.30 Å². The molecule has 0 heterocycles. The molecule has 142 valence electrons. The molecule has 0 aromatic heterocycles. The van der Waals surface area contributed by atoms with Gasteiger partial charge in [0.1, 0.15) is 13.2 Å². The van der Waals surface area contributed by atoms with Gasteiger partial charge < -0.3 is 9.69 Å². The second-order valence-corrected chi connectivity index (χ2v) is 10.5. The van der Waals surface area contributed by atoms with Gasteiger partial charge in [0.2, 0.25) is 0 Å². The van der Waals surface area contributed by atoms with E-state index in [9.17, 15) is 4.57 Å². The molecule has 1 rings (SSSR count).